The minimum absolute atomic E-state index is 0.513. The molecular weight excluding hydrogens is 206 g/mol. The Morgan fingerprint density at radius 1 is 1.33 bits per heavy atom. The molecule has 0 bridgehead atoms. The van der Waals surface area contributed by atoms with Crippen molar-refractivity contribution in [3.05, 3.63) is 0 Å². The van der Waals surface area contributed by atoms with Crippen molar-refractivity contribution in [1.29, 1.82) is 0 Å². The van der Waals surface area contributed by atoms with Gasteiger partial charge < -0.3 is 4.74 Å². The van der Waals surface area contributed by atoms with Crippen LogP contribution in [0.4, 0.5) is 0 Å². The van der Waals surface area contributed by atoms with Crippen molar-refractivity contribution in [3.8, 4) is 0 Å². The van der Waals surface area contributed by atoms with E-state index in [1.54, 1.807) is 7.11 Å². The zero-order valence-corrected chi connectivity index (χ0v) is 11.6. The standard InChI is InChI=1S/C12H27NOS/c1-5-7-12(10-15)8-13(6-2)11(3)9-14-4/h11-12,15H,5-10H2,1-4H3. The molecule has 0 aromatic carbocycles. The molecular formula is C12H27NOS. The van der Waals surface area contributed by atoms with Gasteiger partial charge in [-0.25, -0.2) is 0 Å². The number of thiol groups is 1. The van der Waals surface area contributed by atoms with E-state index in [1.165, 1.54) is 12.8 Å². The monoisotopic (exact) mass is 233 g/mol. The Hall–Kier alpha value is 0.270. The van der Waals surface area contributed by atoms with Crippen LogP contribution in [0, 0.1) is 5.92 Å². The molecule has 0 aliphatic carbocycles. The summed E-state index contributed by atoms with van der Waals surface area (Å²) in [6.45, 7) is 9.75. The topological polar surface area (TPSA) is 12.5 Å². The van der Waals surface area contributed by atoms with Crippen LogP contribution in [-0.2, 0) is 4.74 Å². The highest BCUT2D eigenvalue weighted by Crippen LogP contribution is 2.12. The molecule has 3 heteroatoms. The largest absolute Gasteiger partial charge is 0.383 e. The fraction of sp³-hybridized carbons (Fsp3) is 1.00. The molecule has 0 heterocycles. The van der Waals surface area contributed by atoms with E-state index in [9.17, 15) is 0 Å². The van der Waals surface area contributed by atoms with Crippen molar-refractivity contribution in [2.45, 2.75) is 39.7 Å². The third-order valence-electron chi connectivity index (χ3n) is 2.89. The molecule has 0 aromatic rings. The van der Waals surface area contributed by atoms with Crippen LogP contribution in [0.5, 0.6) is 0 Å². The fourth-order valence-electron chi connectivity index (χ4n) is 1.95. The second-order valence-electron chi connectivity index (χ2n) is 4.23. The molecule has 0 aliphatic heterocycles. The second-order valence-corrected chi connectivity index (χ2v) is 4.59. The second kappa shape index (κ2) is 9.49. The third-order valence-corrected chi connectivity index (χ3v) is 3.40. The fourth-order valence-corrected chi connectivity index (χ4v) is 2.25. The highest BCUT2D eigenvalue weighted by molar-refractivity contribution is 7.80. The number of nitrogens with zero attached hydrogens (tertiary/aromatic N) is 1. The maximum atomic E-state index is 5.20. The van der Waals surface area contributed by atoms with Crippen LogP contribution in [0.1, 0.15) is 33.6 Å². The summed E-state index contributed by atoms with van der Waals surface area (Å²) >= 11 is 4.43. The summed E-state index contributed by atoms with van der Waals surface area (Å²) in [7, 11) is 1.77. The van der Waals surface area contributed by atoms with Crippen LogP contribution < -0.4 is 0 Å². The van der Waals surface area contributed by atoms with Gasteiger partial charge in [0.05, 0.1) is 6.61 Å². The molecule has 0 amide bonds. The molecule has 2 unspecified atom stereocenters. The molecule has 2 nitrogen and oxygen atoms in total. The predicted molar refractivity (Wildman–Crippen MR) is 70.8 cm³/mol. The third kappa shape index (κ3) is 6.44. The number of likely N-dealkylation sites (N-methyl/N-ethyl adjacent to an activating group) is 1. The van der Waals surface area contributed by atoms with E-state index >= 15 is 0 Å². The predicted octanol–water partition coefficient (Wildman–Crippen LogP) is 2.69. The van der Waals surface area contributed by atoms with E-state index in [2.05, 4.69) is 38.3 Å². The highest BCUT2D eigenvalue weighted by atomic mass is 32.1. The SMILES string of the molecule is CCCC(CS)CN(CC)C(C)COC. The van der Waals surface area contributed by atoms with Crippen molar-refractivity contribution >= 4 is 12.6 Å². The van der Waals surface area contributed by atoms with Crippen molar-refractivity contribution in [3.63, 3.8) is 0 Å². The number of hydrogen-bond donors (Lipinski definition) is 1. The van der Waals surface area contributed by atoms with Crippen molar-refractivity contribution < 1.29 is 4.74 Å². The van der Waals surface area contributed by atoms with Gasteiger partial charge in [-0.15, -0.1) is 0 Å². The van der Waals surface area contributed by atoms with Gasteiger partial charge in [-0.2, -0.15) is 12.6 Å². The van der Waals surface area contributed by atoms with Gasteiger partial charge >= 0.3 is 0 Å². The normalized spacial score (nSPS) is 15.6. The Kier molecular flexibility index (Phi) is 9.66. The number of hydrogen-bond acceptors (Lipinski definition) is 3. The van der Waals surface area contributed by atoms with E-state index in [1.807, 2.05) is 0 Å². The Labute approximate surface area is 101 Å². The minimum atomic E-state index is 0.513. The van der Waals surface area contributed by atoms with Gasteiger partial charge in [0.25, 0.3) is 0 Å². The maximum Gasteiger partial charge on any atom is 0.0615 e. The van der Waals surface area contributed by atoms with Crippen LogP contribution in [0.25, 0.3) is 0 Å². The molecule has 0 N–H and O–H groups in total. The van der Waals surface area contributed by atoms with Crippen LogP contribution >= 0.6 is 12.6 Å². The molecule has 0 saturated heterocycles. The molecule has 92 valence electrons. The lowest BCUT2D eigenvalue weighted by Crippen LogP contribution is -2.39. The maximum absolute atomic E-state index is 5.20. The Bertz CT molecular complexity index is 144. The summed E-state index contributed by atoms with van der Waals surface area (Å²) in [5.74, 6) is 1.71. The van der Waals surface area contributed by atoms with Crippen molar-refractivity contribution in [2.24, 2.45) is 5.92 Å². The van der Waals surface area contributed by atoms with Gasteiger partial charge in [0, 0.05) is 19.7 Å². The van der Waals surface area contributed by atoms with Gasteiger partial charge in [-0.1, -0.05) is 20.3 Å². The highest BCUT2D eigenvalue weighted by Gasteiger charge is 2.16. The lowest BCUT2D eigenvalue weighted by molar-refractivity contribution is 0.0928. The van der Waals surface area contributed by atoms with Gasteiger partial charge in [0.15, 0.2) is 0 Å². The van der Waals surface area contributed by atoms with Crippen LogP contribution in [0.3, 0.4) is 0 Å². The summed E-state index contributed by atoms with van der Waals surface area (Å²) in [4.78, 5) is 2.49. The molecule has 0 aromatic heterocycles. The molecule has 0 saturated carbocycles. The first-order chi connectivity index (χ1) is 7.19. The lowest BCUT2D eigenvalue weighted by atomic mass is 10.0. The van der Waals surface area contributed by atoms with E-state index in [0.717, 1.165) is 31.4 Å². The summed E-state index contributed by atoms with van der Waals surface area (Å²) < 4.78 is 5.20. The summed E-state index contributed by atoms with van der Waals surface area (Å²) in [6.07, 6.45) is 2.53. The molecule has 15 heavy (non-hydrogen) atoms. The average molecular weight is 233 g/mol. The lowest BCUT2D eigenvalue weighted by Gasteiger charge is -2.30. The first-order valence-corrected chi connectivity index (χ1v) is 6.66. The average Bonchev–Trinajstić information content (AvgIpc) is 2.24. The van der Waals surface area contributed by atoms with Crippen LogP contribution in [0.15, 0.2) is 0 Å². The van der Waals surface area contributed by atoms with Crippen molar-refractivity contribution in [1.82, 2.24) is 4.90 Å². The van der Waals surface area contributed by atoms with Gasteiger partial charge in [-0.3, -0.25) is 4.90 Å². The van der Waals surface area contributed by atoms with E-state index in [0.29, 0.717) is 6.04 Å². The van der Waals surface area contributed by atoms with Crippen LogP contribution in [-0.4, -0.2) is 43.5 Å². The van der Waals surface area contributed by atoms with Gasteiger partial charge in [0.1, 0.15) is 0 Å². The number of methoxy groups -OCH3 is 1. The minimum Gasteiger partial charge on any atom is -0.383 e. The molecule has 0 radical (unpaired) electrons. The van der Waals surface area contributed by atoms with E-state index < -0.39 is 0 Å². The quantitative estimate of drug-likeness (QED) is 0.615. The Balaban J connectivity index is 4.04. The first kappa shape index (κ1) is 15.3. The number of ether oxygens (including phenoxy) is 1. The van der Waals surface area contributed by atoms with Gasteiger partial charge in [-0.05, 0) is 31.6 Å². The van der Waals surface area contributed by atoms with E-state index in [-0.39, 0.29) is 0 Å². The number of rotatable bonds is 9. The zero-order chi connectivity index (χ0) is 11.7. The van der Waals surface area contributed by atoms with Gasteiger partial charge in [0.2, 0.25) is 0 Å². The zero-order valence-electron chi connectivity index (χ0n) is 10.7. The van der Waals surface area contributed by atoms with E-state index in [4.69, 9.17) is 4.74 Å². The summed E-state index contributed by atoms with van der Waals surface area (Å²) in [5, 5.41) is 0. The van der Waals surface area contributed by atoms with Crippen LogP contribution in [0.2, 0.25) is 0 Å². The van der Waals surface area contributed by atoms with Crippen molar-refractivity contribution in [2.75, 3.05) is 32.6 Å². The molecule has 0 rings (SSSR count). The first-order valence-electron chi connectivity index (χ1n) is 6.03. The summed E-state index contributed by atoms with van der Waals surface area (Å²) in [6, 6.07) is 0.513. The Morgan fingerprint density at radius 2 is 2.00 bits per heavy atom. The Morgan fingerprint density at radius 3 is 2.40 bits per heavy atom. The molecule has 0 fully saturated rings. The smallest absolute Gasteiger partial charge is 0.0615 e. The molecule has 0 spiro atoms. The molecule has 0 aliphatic rings. The molecule has 2 atom stereocenters. The summed E-state index contributed by atoms with van der Waals surface area (Å²) in [5.41, 5.74) is 0.